The second-order valence-electron chi connectivity index (χ2n) is 8.34. The minimum absolute atomic E-state index is 0.0426. The van der Waals surface area contributed by atoms with Gasteiger partial charge in [-0.15, -0.1) is 0 Å². The van der Waals surface area contributed by atoms with Gasteiger partial charge in [-0.3, -0.25) is 0 Å². The third-order valence-corrected chi connectivity index (χ3v) is 5.44. The largest absolute Gasteiger partial charge is 0.385 e. The van der Waals surface area contributed by atoms with Crippen LogP contribution in [0.2, 0.25) is 0 Å². The molecular formula is C19H22F18. The first kappa shape index (κ1) is 35.7. The van der Waals surface area contributed by atoms with E-state index in [0.717, 1.165) is 0 Å². The molecule has 0 unspecified atom stereocenters. The van der Waals surface area contributed by atoms with Crippen LogP contribution in [0, 0.1) is 0 Å². The molecule has 0 amide bonds. The first-order chi connectivity index (χ1) is 16.1. The average molecular weight is 592 g/mol. The van der Waals surface area contributed by atoms with Gasteiger partial charge in [0.15, 0.2) is 0 Å². The van der Waals surface area contributed by atoms with Crippen molar-refractivity contribution in [2.45, 2.75) is 119 Å². The highest BCUT2D eigenvalue weighted by molar-refractivity contribution is 5.17. The zero-order chi connectivity index (χ0) is 30.2. The van der Waals surface area contributed by atoms with Crippen LogP contribution in [-0.4, -0.2) is 53.3 Å². The molecule has 0 N–H and O–H groups in total. The standard InChI is InChI=1S/C19H22F18/c1-3-5-6-7-8-10-12(22,23)14(26,27)16(30,31)18(34,35)19(36,37)17(32,33)15(28,29)13(24,25)11(20,21)9-4-2/h3-10H2,1-2H3. The molecule has 224 valence electrons. The molecule has 0 heterocycles. The molecule has 0 aliphatic rings. The molecule has 0 aromatic heterocycles. The molecule has 0 saturated carbocycles. The lowest BCUT2D eigenvalue weighted by Crippen LogP contribution is -2.76. The Bertz CT molecular complexity index is 739. The Kier molecular flexibility index (Phi) is 10.4. The Morgan fingerprint density at radius 3 is 0.865 bits per heavy atom. The highest BCUT2D eigenvalue weighted by Gasteiger charge is 2.96. The Morgan fingerprint density at radius 2 is 0.568 bits per heavy atom. The number of alkyl halides is 18. The Balaban J connectivity index is 6.56. The first-order valence-corrected chi connectivity index (χ1v) is 10.5. The molecule has 0 bridgehead atoms. The van der Waals surface area contributed by atoms with Gasteiger partial charge in [0.2, 0.25) is 0 Å². The number of hydrogen-bond donors (Lipinski definition) is 0. The van der Waals surface area contributed by atoms with Crippen molar-refractivity contribution < 1.29 is 79.0 Å². The van der Waals surface area contributed by atoms with E-state index in [1.54, 1.807) is 6.92 Å². The lowest BCUT2D eigenvalue weighted by Gasteiger charge is -2.44. The van der Waals surface area contributed by atoms with E-state index in [9.17, 15) is 79.0 Å². The molecule has 0 aromatic carbocycles. The first-order valence-electron chi connectivity index (χ1n) is 10.5. The molecular weight excluding hydrogens is 570 g/mol. The minimum Gasteiger partial charge on any atom is -0.200 e. The van der Waals surface area contributed by atoms with Crippen molar-refractivity contribution in [2.75, 3.05) is 0 Å². The Labute approximate surface area is 198 Å². The van der Waals surface area contributed by atoms with Crippen molar-refractivity contribution in [3.05, 3.63) is 0 Å². The fraction of sp³-hybridized carbons (Fsp3) is 1.00. The summed E-state index contributed by atoms with van der Waals surface area (Å²) in [5.41, 5.74) is 0. The van der Waals surface area contributed by atoms with Crippen LogP contribution in [0.1, 0.15) is 65.2 Å². The maximum absolute atomic E-state index is 13.8. The van der Waals surface area contributed by atoms with Crippen LogP contribution in [0.5, 0.6) is 0 Å². The lowest BCUT2D eigenvalue weighted by molar-refractivity contribution is -0.462. The average Bonchev–Trinajstić information content (AvgIpc) is 2.72. The summed E-state index contributed by atoms with van der Waals surface area (Å²) in [5.74, 6) is -70.3. The topological polar surface area (TPSA) is 0 Å². The van der Waals surface area contributed by atoms with Gasteiger partial charge < -0.3 is 0 Å². The van der Waals surface area contributed by atoms with Gasteiger partial charge in [0.25, 0.3) is 0 Å². The second kappa shape index (κ2) is 10.7. The van der Waals surface area contributed by atoms with Crippen LogP contribution < -0.4 is 0 Å². The van der Waals surface area contributed by atoms with Gasteiger partial charge in [0.1, 0.15) is 0 Å². The second-order valence-corrected chi connectivity index (χ2v) is 8.34. The monoisotopic (exact) mass is 592 g/mol. The summed E-state index contributed by atoms with van der Waals surface area (Å²) in [7, 11) is 0. The molecule has 0 spiro atoms. The van der Waals surface area contributed by atoms with Crippen LogP contribution >= 0.6 is 0 Å². The normalized spacial score (nSPS) is 15.9. The Morgan fingerprint density at radius 1 is 0.297 bits per heavy atom. The van der Waals surface area contributed by atoms with E-state index in [2.05, 4.69) is 0 Å². The lowest BCUT2D eigenvalue weighted by atomic mass is 9.85. The highest BCUT2D eigenvalue weighted by atomic mass is 19.4. The molecule has 0 radical (unpaired) electrons. The summed E-state index contributed by atoms with van der Waals surface area (Å²) in [6.07, 6.45) is -6.67. The molecule has 0 rings (SSSR count). The van der Waals surface area contributed by atoms with Crippen LogP contribution in [-0.2, 0) is 0 Å². The zero-order valence-corrected chi connectivity index (χ0v) is 19.0. The molecule has 0 aliphatic heterocycles. The fourth-order valence-corrected chi connectivity index (χ4v) is 3.02. The van der Waals surface area contributed by atoms with E-state index in [0.29, 0.717) is 19.8 Å². The quantitative estimate of drug-likeness (QED) is 0.124. The van der Waals surface area contributed by atoms with Gasteiger partial charge >= 0.3 is 53.3 Å². The van der Waals surface area contributed by atoms with E-state index >= 15 is 0 Å². The van der Waals surface area contributed by atoms with Crippen molar-refractivity contribution in [3.8, 4) is 0 Å². The molecule has 0 aromatic rings. The van der Waals surface area contributed by atoms with Crippen LogP contribution in [0.3, 0.4) is 0 Å². The Hall–Kier alpha value is -1.26. The fourth-order valence-electron chi connectivity index (χ4n) is 3.02. The molecule has 0 aliphatic carbocycles. The van der Waals surface area contributed by atoms with Gasteiger partial charge in [-0.1, -0.05) is 46.0 Å². The van der Waals surface area contributed by atoms with E-state index in [4.69, 9.17) is 0 Å². The van der Waals surface area contributed by atoms with Gasteiger partial charge in [0.05, 0.1) is 0 Å². The summed E-state index contributed by atoms with van der Waals surface area (Å²) in [6.45, 7) is 2.17. The van der Waals surface area contributed by atoms with Crippen molar-refractivity contribution in [1.82, 2.24) is 0 Å². The van der Waals surface area contributed by atoms with Crippen molar-refractivity contribution in [3.63, 3.8) is 0 Å². The summed E-state index contributed by atoms with van der Waals surface area (Å²) < 4.78 is 246. The van der Waals surface area contributed by atoms with E-state index in [1.807, 2.05) is 0 Å². The number of rotatable bonds is 16. The smallest absolute Gasteiger partial charge is 0.200 e. The third kappa shape index (κ3) is 5.44. The van der Waals surface area contributed by atoms with Gasteiger partial charge in [0, 0.05) is 12.8 Å². The molecule has 37 heavy (non-hydrogen) atoms. The maximum Gasteiger partial charge on any atom is 0.385 e. The number of halogens is 18. The summed E-state index contributed by atoms with van der Waals surface area (Å²) in [6, 6.07) is 0. The molecule has 18 heteroatoms. The predicted octanol–water partition coefficient (Wildman–Crippen LogP) is 9.86. The van der Waals surface area contributed by atoms with E-state index < -0.39 is 79.0 Å². The van der Waals surface area contributed by atoms with Gasteiger partial charge in [-0.25, -0.2) is 0 Å². The SMILES string of the molecule is CCCCCCCC(F)(F)C(F)(F)C(F)(F)C(F)(F)C(F)(F)C(F)(F)C(F)(F)C(F)(F)C(F)(F)CCC. The van der Waals surface area contributed by atoms with Gasteiger partial charge in [-0.05, 0) is 6.42 Å². The predicted molar refractivity (Wildman–Crippen MR) is 92.8 cm³/mol. The number of unbranched alkanes of at least 4 members (excludes halogenated alkanes) is 4. The summed E-state index contributed by atoms with van der Waals surface area (Å²) in [5, 5.41) is 0. The highest BCUT2D eigenvalue weighted by Crippen LogP contribution is 2.65. The summed E-state index contributed by atoms with van der Waals surface area (Å²) in [4.78, 5) is 0. The van der Waals surface area contributed by atoms with Crippen molar-refractivity contribution in [1.29, 1.82) is 0 Å². The molecule has 0 nitrogen and oxygen atoms in total. The molecule has 0 fully saturated rings. The zero-order valence-electron chi connectivity index (χ0n) is 19.0. The number of hydrogen-bond acceptors (Lipinski definition) is 0. The summed E-state index contributed by atoms with van der Waals surface area (Å²) >= 11 is 0. The minimum atomic E-state index is -8.70. The molecule has 0 saturated heterocycles. The maximum atomic E-state index is 13.8. The van der Waals surface area contributed by atoms with Crippen LogP contribution in [0.4, 0.5) is 79.0 Å². The van der Waals surface area contributed by atoms with Crippen molar-refractivity contribution >= 4 is 0 Å². The van der Waals surface area contributed by atoms with Crippen molar-refractivity contribution in [2.24, 2.45) is 0 Å². The van der Waals surface area contributed by atoms with E-state index in [1.165, 1.54) is 0 Å². The molecule has 0 atom stereocenters. The van der Waals surface area contributed by atoms with Crippen LogP contribution in [0.25, 0.3) is 0 Å². The van der Waals surface area contributed by atoms with Crippen LogP contribution in [0.15, 0.2) is 0 Å². The van der Waals surface area contributed by atoms with Gasteiger partial charge in [-0.2, -0.15) is 79.0 Å². The van der Waals surface area contributed by atoms with E-state index in [-0.39, 0.29) is 12.8 Å². The third-order valence-electron chi connectivity index (χ3n) is 5.44.